The van der Waals surface area contributed by atoms with Crippen LogP contribution in [-0.2, 0) is 14.3 Å². The predicted octanol–water partition coefficient (Wildman–Crippen LogP) is 6.28. The maximum atomic E-state index is 13.5. The fourth-order valence-corrected chi connectivity index (χ4v) is 8.28. The van der Waals surface area contributed by atoms with Crippen molar-refractivity contribution in [3.63, 3.8) is 0 Å². The number of rotatable bonds is 5. The molecule has 0 unspecified atom stereocenters. The van der Waals surface area contributed by atoms with Crippen molar-refractivity contribution in [3.05, 3.63) is 23.8 Å². The second-order valence-electron chi connectivity index (χ2n) is 12.9. The number of hydrogen-bond donors (Lipinski definition) is 1. The van der Waals surface area contributed by atoms with E-state index in [4.69, 9.17) is 4.74 Å². The predicted molar refractivity (Wildman–Crippen MR) is 135 cm³/mol. The van der Waals surface area contributed by atoms with Gasteiger partial charge in [-0.3, -0.25) is 9.59 Å². The lowest BCUT2D eigenvalue weighted by molar-refractivity contribution is -0.188. The Morgan fingerprint density at radius 1 is 1.06 bits per heavy atom. The van der Waals surface area contributed by atoms with E-state index >= 15 is 0 Å². The quantitative estimate of drug-likeness (QED) is 0.380. The van der Waals surface area contributed by atoms with E-state index in [1.165, 1.54) is 18.9 Å². The zero-order chi connectivity index (χ0) is 25.1. The van der Waals surface area contributed by atoms with Crippen LogP contribution in [-0.4, -0.2) is 28.6 Å². The molecule has 4 aliphatic carbocycles. The number of ether oxygens (including phenoxy) is 1. The molecule has 0 aromatic heterocycles. The van der Waals surface area contributed by atoms with Gasteiger partial charge in [-0.05, 0) is 85.5 Å². The number of ketones is 1. The molecule has 0 aromatic rings. The van der Waals surface area contributed by atoms with Gasteiger partial charge in [0.05, 0.1) is 0 Å². The maximum absolute atomic E-state index is 13.5. The van der Waals surface area contributed by atoms with Gasteiger partial charge in [0.15, 0.2) is 5.78 Å². The van der Waals surface area contributed by atoms with E-state index in [1.807, 2.05) is 6.08 Å². The molecule has 0 bridgehead atoms. The van der Waals surface area contributed by atoms with Crippen molar-refractivity contribution in [1.29, 1.82) is 0 Å². The molecule has 0 radical (unpaired) electrons. The summed E-state index contributed by atoms with van der Waals surface area (Å²) in [4.78, 5) is 25.0. The van der Waals surface area contributed by atoms with Gasteiger partial charge in [0.1, 0.15) is 11.7 Å². The summed E-state index contributed by atoms with van der Waals surface area (Å²) < 4.78 is 5.44. The van der Waals surface area contributed by atoms with Crippen LogP contribution in [0, 0.1) is 46.3 Å². The molecule has 3 fully saturated rings. The largest absolute Gasteiger partial charge is 0.462 e. The first kappa shape index (κ1) is 25.7. The van der Waals surface area contributed by atoms with Gasteiger partial charge < -0.3 is 9.84 Å². The Labute approximate surface area is 206 Å². The monoisotopic (exact) mass is 470 g/mol. The number of carbonyl (C=O) groups is 2. The highest BCUT2D eigenvalue weighted by Crippen LogP contribution is 2.67. The summed E-state index contributed by atoms with van der Waals surface area (Å²) in [5.74, 6) is 2.54. The number of allylic oxidation sites excluding steroid dienone is 3. The Morgan fingerprint density at radius 3 is 2.41 bits per heavy atom. The summed E-state index contributed by atoms with van der Waals surface area (Å²) in [6, 6.07) is 0. The molecule has 0 aliphatic heterocycles. The number of hydrogen-bond acceptors (Lipinski definition) is 4. The van der Waals surface area contributed by atoms with E-state index in [1.54, 1.807) is 0 Å². The van der Waals surface area contributed by atoms with E-state index in [9.17, 15) is 14.7 Å². The van der Waals surface area contributed by atoms with Crippen molar-refractivity contribution in [2.24, 2.45) is 46.3 Å². The molecule has 0 spiro atoms. The molecule has 0 saturated heterocycles. The van der Waals surface area contributed by atoms with Crippen LogP contribution in [0.25, 0.3) is 0 Å². The van der Waals surface area contributed by atoms with Gasteiger partial charge >= 0.3 is 5.97 Å². The molecule has 3 saturated carbocycles. The van der Waals surface area contributed by atoms with Crippen molar-refractivity contribution >= 4 is 11.8 Å². The van der Waals surface area contributed by atoms with Crippen LogP contribution >= 0.6 is 0 Å². The number of aliphatic hydroxyl groups is 1. The van der Waals surface area contributed by atoms with Gasteiger partial charge in [0.25, 0.3) is 0 Å². The fraction of sp³-hybridized carbons (Fsp3) is 0.800. The highest BCUT2D eigenvalue weighted by Gasteiger charge is 2.65. The lowest BCUT2D eigenvalue weighted by atomic mass is 9.46. The molecule has 34 heavy (non-hydrogen) atoms. The Morgan fingerprint density at radius 2 is 1.76 bits per heavy atom. The van der Waals surface area contributed by atoms with Crippen LogP contribution in [0.4, 0.5) is 0 Å². The highest BCUT2D eigenvalue weighted by atomic mass is 16.5. The minimum atomic E-state index is -1.44. The summed E-state index contributed by atoms with van der Waals surface area (Å²) in [6.45, 7) is 15.2. The van der Waals surface area contributed by atoms with Crippen LogP contribution in [0.3, 0.4) is 0 Å². The molecule has 0 amide bonds. The standard InChI is InChI=1S/C30H46O4/c1-18(2)19(3)8-9-20(4)24-10-11-25-23-16-27(32)30(33)17-22(34-21(5)31)12-15-29(30,7)26(23)13-14-28(24,25)6/h8-9,16,18-20,22,24-26,33H,10-15,17H2,1-7H3/b9-8+/t19-,20+,22+,24-,25-,26+,28-,29+,30-/m0/s1. The third-order valence-electron chi connectivity index (χ3n) is 10.9. The molecule has 0 heterocycles. The zero-order valence-corrected chi connectivity index (χ0v) is 22.4. The van der Waals surface area contributed by atoms with Crippen molar-refractivity contribution in [2.75, 3.05) is 0 Å². The van der Waals surface area contributed by atoms with Crippen molar-refractivity contribution in [3.8, 4) is 0 Å². The average molecular weight is 471 g/mol. The molecule has 4 heteroatoms. The summed E-state index contributed by atoms with van der Waals surface area (Å²) in [5, 5.41) is 11.8. The molecule has 190 valence electrons. The van der Waals surface area contributed by atoms with Crippen LogP contribution < -0.4 is 0 Å². The van der Waals surface area contributed by atoms with Crippen LogP contribution in [0.1, 0.15) is 93.4 Å². The number of fused-ring (bicyclic) bond motifs is 5. The molecular weight excluding hydrogens is 424 g/mol. The Balaban J connectivity index is 1.60. The first-order valence-electron chi connectivity index (χ1n) is 13.7. The van der Waals surface area contributed by atoms with Crippen molar-refractivity contribution in [1.82, 2.24) is 0 Å². The van der Waals surface area contributed by atoms with E-state index in [0.29, 0.717) is 36.0 Å². The molecule has 4 rings (SSSR count). The average Bonchev–Trinajstić information content (AvgIpc) is 3.11. The minimum absolute atomic E-state index is 0.162. The molecular formula is C30H46O4. The second-order valence-corrected chi connectivity index (χ2v) is 12.9. The van der Waals surface area contributed by atoms with Crippen molar-refractivity contribution in [2.45, 2.75) is 105 Å². The third kappa shape index (κ3) is 3.92. The summed E-state index contributed by atoms with van der Waals surface area (Å²) in [6.07, 6.45) is 12.5. The summed E-state index contributed by atoms with van der Waals surface area (Å²) in [5.41, 5.74) is -0.406. The topological polar surface area (TPSA) is 63.6 Å². The first-order valence-corrected chi connectivity index (χ1v) is 13.7. The minimum Gasteiger partial charge on any atom is -0.462 e. The van der Waals surface area contributed by atoms with Gasteiger partial charge in [-0.25, -0.2) is 0 Å². The lowest BCUT2D eigenvalue weighted by Crippen LogP contribution is -2.64. The van der Waals surface area contributed by atoms with Gasteiger partial charge in [-0.1, -0.05) is 59.3 Å². The molecule has 4 nitrogen and oxygen atoms in total. The Kier molecular flexibility index (Phi) is 6.72. The highest BCUT2D eigenvalue weighted by molar-refractivity contribution is 5.99. The van der Waals surface area contributed by atoms with E-state index in [0.717, 1.165) is 25.7 Å². The smallest absolute Gasteiger partial charge is 0.302 e. The normalized spacial score (nSPS) is 43.7. The van der Waals surface area contributed by atoms with Crippen LogP contribution in [0.15, 0.2) is 23.8 Å². The maximum Gasteiger partial charge on any atom is 0.302 e. The van der Waals surface area contributed by atoms with Crippen LogP contribution in [0.5, 0.6) is 0 Å². The number of esters is 1. The van der Waals surface area contributed by atoms with E-state index < -0.39 is 11.0 Å². The summed E-state index contributed by atoms with van der Waals surface area (Å²) >= 11 is 0. The fourth-order valence-electron chi connectivity index (χ4n) is 8.28. The van der Waals surface area contributed by atoms with E-state index in [2.05, 4.69) is 53.7 Å². The van der Waals surface area contributed by atoms with E-state index in [-0.39, 0.29) is 35.6 Å². The van der Waals surface area contributed by atoms with Gasteiger partial charge in [-0.2, -0.15) is 0 Å². The van der Waals surface area contributed by atoms with Crippen molar-refractivity contribution < 1.29 is 19.4 Å². The van der Waals surface area contributed by atoms with Gasteiger partial charge in [0, 0.05) is 18.8 Å². The Hall–Kier alpha value is -1.42. The summed E-state index contributed by atoms with van der Waals surface area (Å²) in [7, 11) is 0. The molecule has 0 aromatic carbocycles. The van der Waals surface area contributed by atoms with Gasteiger partial charge in [0.2, 0.25) is 0 Å². The second kappa shape index (κ2) is 8.91. The molecule has 4 aliphatic rings. The van der Waals surface area contributed by atoms with Gasteiger partial charge in [-0.15, -0.1) is 0 Å². The van der Waals surface area contributed by atoms with Crippen LogP contribution in [0.2, 0.25) is 0 Å². The lowest BCUT2D eigenvalue weighted by Gasteiger charge is -2.60. The SMILES string of the molecule is CC(=O)O[C@@H]1CC[C@]2(C)[C@@H]3CC[C@]4(C)[C@@H](CC[C@H]4[C@H](C)/C=C/[C@H](C)C(C)C)C3=CC(=O)[C@@]2(O)C1. The first-order chi connectivity index (χ1) is 15.8. The number of carbonyl (C=O) groups excluding carboxylic acids is 2. The zero-order valence-electron chi connectivity index (χ0n) is 22.4. The Bertz CT molecular complexity index is 886. The molecule has 9 atom stereocenters. The molecule has 1 N–H and O–H groups in total. The third-order valence-corrected chi connectivity index (χ3v) is 10.9.